The number of amides is 1. The van der Waals surface area contributed by atoms with Gasteiger partial charge in [0.2, 0.25) is 0 Å². The second kappa shape index (κ2) is 12.2. The van der Waals surface area contributed by atoms with Gasteiger partial charge in [0.05, 0.1) is 19.8 Å². The Morgan fingerprint density at radius 3 is 2.38 bits per heavy atom. The van der Waals surface area contributed by atoms with E-state index in [1.54, 1.807) is 7.11 Å². The number of methoxy groups -OCH3 is 1. The highest BCUT2D eigenvalue weighted by Gasteiger charge is 2.69. The molecule has 3 heterocycles. The van der Waals surface area contributed by atoms with Crippen molar-refractivity contribution in [2.24, 2.45) is 52.3 Å². The molecule has 7 aliphatic rings. The van der Waals surface area contributed by atoms with Crippen LogP contribution in [0.4, 0.5) is 4.79 Å². The molecule has 47 heavy (non-hydrogen) atoms. The zero-order valence-electron chi connectivity index (χ0n) is 29.8. The molecule has 12 atom stereocenters. The molecule has 1 spiro atoms. The van der Waals surface area contributed by atoms with Crippen LogP contribution in [0.25, 0.3) is 0 Å². The van der Waals surface area contributed by atoms with E-state index in [-0.39, 0.29) is 18.0 Å². The largest absolute Gasteiger partial charge is 0.497 e. The first kappa shape index (κ1) is 32.4. The van der Waals surface area contributed by atoms with Gasteiger partial charge in [-0.3, -0.25) is 4.90 Å². The molecule has 4 saturated carbocycles. The van der Waals surface area contributed by atoms with Crippen LogP contribution in [0.2, 0.25) is 0 Å². The van der Waals surface area contributed by atoms with Crippen molar-refractivity contribution in [2.75, 3.05) is 39.9 Å². The Hall–Kier alpha value is -1.83. The summed E-state index contributed by atoms with van der Waals surface area (Å²) in [4.78, 5) is 17.7. The molecule has 0 aromatic heterocycles. The van der Waals surface area contributed by atoms with Gasteiger partial charge in [-0.05, 0) is 122 Å². The number of nitrogens with zero attached hydrogens (tertiary/aromatic N) is 2. The monoisotopic (exact) mass is 648 g/mol. The van der Waals surface area contributed by atoms with Crippen LogP contribution in [-0.2, 0) is 20.8 Å². The number of hydrogen-bond donors (Lipinski definition) is 0. The molecule has 1 aromatic carbocycles. The summed E-state index contributed by atoms with van der Waals surface area (Å²) in [5, 5.41) is 0. The second-order valence-electron chi connectivity index (χ2n) is 17.6. The fourth-order valence-corrected chi connectivity index (χ4v) is 12.6. The Labute approximate surface area is 283 Å². The maximum atomic E-state index is 13.3. The van der Waals surface area contributed by atoms with Crippen molar-refractivity contribution in [3.8, 4) is 5.75 Å². The molecule has 7 fully saturated rings. The fourth-order valence-electron chi connectivity index (χ4n) is 12.6. The Bertz CT molecular complexity index is 1290. The lowest BCUT2D eigenvalue weighted by Crippen LogP contribution is -2.55. The molecule has 0 bridgehead atoms. The molecule has 0 radical (unpaired) electrons. The third-order valence-corrected chi connectivity index (χ3v) is 15.3. The van der Waals surface area contributed by atoms with E-state index >= 15 is 0 Å². The molecule has 3 saturated heterocycles. The third kappa shape index (κ3) is 5.44. The molecule has 260 valence electrons. The number of carbonyl (C=O) groups is 1. The average Bonchev–Trinajstić information content (AvgIpc) is 3.52. The first-order valence-corrected chi connectivity index (χ1v) is 19.2. The molecule has 8 rings (SSSR count). The highest BCUT2D eigenvalue weighted by molar-refractivity contribution is 5.68. The first-order chi connectivity index (χ1) is 22.6. The number of ether oxygens (including phenoxy) is 4. The molecule has 1 aromatic rings. The SMILES string of the molecule is COc1ccc(CN2CCN(C(=O)O[C@H]3CC[C@@]4(C)C(CCC5C4CC[C@@]4(C)C5CC5O[C@]6(CC[C@H](C)CO6)[C@@H](C)C54)C3)CC2)cc1. The minimum atomic E-state index is -0.322. The number of piperazine rings is 1. The van der Waals surface area contributed by atoms with E-state index in [0.717, 1.165) is 82.1 Å². The summed E-state index contributed by atoms with van der Waals surface area (Å²) in [5.74, 6) is 5.38. The second-order valence-corrected chi connectivity index (χ2v) is 17.6. The molecule has 7 nitrogen and oxygen atoms in total. The number of benzene rings is 1. The van der Waals surface area contributed by atoms with Crippen LogP contribution >= 0.6 is 0 Å². The van der Waals surface area contributed by atoms with E-state index in [0.29, 0.717) is 40.6 Å². The summed E-state index contributed by atoms with van der Waals surface area (Å²) in [6.07, 6.45) is 12.5. The van der Waals surface area contributed by atoms with Crippen molar-refractivity contribution in [2.45, 2.75) is 116 Å². The summed E-state index contributed by atoms with van der Waals surface area (Å²) in [6.45, 7) is 15.0. The fraction of sp³-hybridized carbons (Fsp3) is 0.825. The van der Waals surface area contributed by atoms with Gasteiger partial charge in [0, 0.05) is 45.1 Å². The summed E-state index contributed by atoms with van der Waals surface area (Å²) >= 11 is 0. The smallest absolute Gasteiger partial charge is 0.410 e. The van der Waals surface area contributed by atoms with Gasteiger partial charge in [0.25, 0.3) is 0 Å². The van der Waals surface area contributed by atoms with Gasteiger partial charge >= 0.3 is 6.09 Å². The maximum absolute atomic E-state index is 13.3. The van der Waals surface area contributed by atoms with Crippen molar-refractivity contribution in [1.29, 1.82) is 0 Å². The van der Waals surface area contributed by atoms with Crippen molar-refractivity contribution >= 4 is 6.09 Å². The topological polar surface area (TPSA) is 60.5 Å². The quantitative estimate of drug-likeness (QED) is 0.333. The number of fused-ring (bicyclic) bond motifs is 7. The lowest BCUT2D eigenvalue weighted by Gasteiger charge is -2.61. The predicted molar refractivity (Wildman–Crippen MR) is 182 cm³/mol. The molecule has 6 unspecified atom stereocenters. The average molecular weight is 649 g/mol. The Morgan fingerprint density at radius 1 is 0.894 bits per heavy atom. The highest BCUT2D eigenvalue weighted by Crippen LogP contribution is 2.71. The lowest BCUT2D eigenvalue weighted by atomic mass is 9.44. The molecular formula is C40H60N2O5. The Morgan fingerprint density at radius 2 is 1.66 bits per heavy atom. The zero-order chi connectivity index (χ0) is 32.6. The normalized spacial score (nSPS) is 46.3. The predicted octanol–water partition coefficient (Wildman–Crippen LogP) is 7.76. The van der Waals surface area contributed by atoms with Crippen LogP contribution in [0.5, 0.6) is 5.75 Å². The van der Waals surface area contributed by atoms with Gasteiger partial charge in [-0.1, -0.05) is 39.8 Å². The molecule has 0 N–H and O–H groups in total. The minimum absolute atomic E-state index is 0.0674. The molecule has 3 aliphatic heterocycles. The Kier molecular flexibility index (Phi) is 8.40. The zero-order valence-corrected chi connectivity index (χ0v) is 29.8. The Balaban J connectivity index is 0.851. The first-order valence-electron chi connectivity index (χ1n) is 19.2. The van der Waals surface area contributed by atoms with Gasteiger partial charge in [-0.15, -0.1) is 0 Å². The van der Waals surface area contributed by atoms with Crippen LogP contribution < -0.4 is 4.74 Å². The third-order valence-electron chi connectivity index (χ3n) is 15.3. The lowest BCUT2D eigenvalue weighted by molar-refractivity contribution is -0.273. The van der Waals surface area contributed by atoms with Crippen molar-refractivity contribution in [3.05, 3.63) is 29.8 Å². The number of rotatable bonds is 4. The van der Waals surface area contributed by atoms with Crippen LogP contribution in [0.15, 0.2) is 24.3 Å². The minimum Gasteiger partial charge on any atom is -0.497 e. The number of carbonyl (C=O) groups excluding carboxylic acids is 1. The van der Waals surface area contributed by atoms with E-state index < -0.39 is 0 Å². The van der Waals surface area contributed by atoms with E-state index in [9.17, 15) is 4.79 Å². The van der Waals surface area contributed by atoms with E-state index in [4.69, 9.17) is 18.9 Å². The van der Waals surface area contributed by atoms with Crippen LogP contribution in [0.1, 0.15) is 97.5 Å². The van der Waals surface area contributed by atoms with Gasteiger partial charge in [-0.2, -0.15) is 0 Å². The summed E-state index contributed by atoms with van der Waals surface area (Å²) in [5.41, 5.74) is 2.02. The van der Waals surface area contributed by atoms with Crippen molar-refractivity contribution in [1.82, 2.24) is 9.80 Å². The van der Waals surface area contributed by atoms with E-state index in [1.165, 1.54) is 50.5 Å². The summed E-state index contributed by atoms with van der Waals surface area (Å²) < 4.78 is 25.1. The van der Waals surface area contributed by atoms with E-state index in [2.05, 4.69) is 44.7 Å². The number of hydrogen-bond acceptors (Lipinski definition) is 6. The van der Waals surface area contributed by atoms with Gasteiger partial charge in [-0.25, -0.2) is 4.79 Å². The van der Waals surface area contributed by atoms with Gasteiger partial charge < -0.3 is 23.8 Å². The van der Waals surface area contributed by atoms with Crippen LogP contribution in [-0.4, -0.2) is 73.8 Å². The van der Waals surface area contributed by atoms with Crippen LogP contribution in [0.3, 0.4) is 0 Å². The molecular weight excluding hydrogens is 588 g/mol. The summed E-state index contributed by atoms with van der Waals surface area (Å²) in [6, 6.07) is 8.30. The summed E-state index contributed by atoms with van der Waals surface area (Å²) in [7, 11) is 1.70. The molecule has 1 amide bonds. The molecule has 7 heteroatoms. The maximum Gasteiger partial charge on any atom is 0.410 e. The van der Waals surface area contributed by atoms with Gasteiger partial charge in [0.1, 0.15) is 11.9 Å². The van der Waals surface area contributed by atoms with Crippen molar-refractivity contribution in [3.63, 3.8) is 0 Å². The van der Waals surface area contributed by atoms with E-state index in [1.807, 2.05) is 17.0 Å². The van der Waals surface area contributed by atoms with Crippen molar-refractivity contribution < 1.29 is 23.7 Å². The highest BCUT2D eigenvalue weighted by atomic mass is 16.7. The van der Waals surface area contributed by atoms with Gasteiger partial charge in [0.15, 0.2) is 5.79 Å². The van der Waals surface area contributed by atoms with Crippen LogP contribution in [0, 0.1) is 52.3 Å². The molecule has 4 aliphatic carbocycles. The standard InChI is InChI=1S/C40H60N2O5/c1-26-12-17-40(45-25-26)27(2)36-35(47-40)23-34-32-11-8-29-22-31(13-15-38(29,3)33(32)14-16-39(34,36)4)46-37(43)42-20-18-41(19-21-42)24-28-6-9-30(44-5)10-7-28/h6-7,9-10,26-27,29,31-36H,8,11-25H2,1-5H3/t26-,27-,29?,31-,32?,33?,34?,35?,36?,38-,39-,40+/m0/s1.